The van der Waals surface area contributed by atoms with E-state index in [1.165, 1.54) is 11.9 Å². The Morgan fingerprint density at radius 1 is 1.17 bits per heavy atom. The number of nitrogens with zero attached hydrogens (tertiary/aromatic N) is 3. The molecule has 3 aromatic rings. The van der Waals surface area contributed by atoms with Crippen LogP contribution in [0, 0.1) is 6.92 Å². The molecule has 0 amide bonds. The van der Waals surface area contributed by atoms with Crippen molar-refractivity contribution >= 4 is 11.0 Å². The molecule has 1 aromatic carbocycles. The molecule has 1 fully saturated rings. The Morgan fingerprint density at radius 2 is 2.03 bits per heavy atom. The summed E-state index contributed by atoms with van der Waals surface area (Å²) in [5.41, 5.74) is 10.3. The van der Waals surface area contributed by atoms with Gasteiger partial charge in [-0.25, -0.2) is 9.97 Å². The summed E-state index contributed by atoms with van der Waals surface area (Å²) in [5, 5.41) is 22.5. The molecule has 2 heterocycles. The van der Waals surface area contributed by atoms with Gasteiger partial charge in [-0.3, -0.25) is 0 Å². The third-order valence-electron chi connectivity index (χ3n) is 6.43. The second-order valence-corrected chi connectivity index (χ2v) is 8.19. The number of rotatable bonds is 3. The van der Waals surface area contributed by atoms with Crippen LogP contribution in [0.3, 0.4) is 0 Å². The normalized spacial score (nSPS) is 29.2. The fourth-order valence-corrected chi connectivity index (χ4v) is 4.88. The smallest absolute Gasteiger partial charge is 0.143 e. The van der Waals surface area contributed by atoms with E-state index in [1.54, 1.807) is 0 Å². The summed E-state index contributed by atoms with van der Waals surface area (Å²) in [6.45, 7) is 1.93. The Kier molecular flexibility index (Phi) is 4.53. The number of aliphatic hydroxyl groups excluding tert-OH is 2. The Morgan fingerprint density at radius 3 is 2.90 bits per heavy atom. The highest BCUT2D eigenvalue weighted by molar-refractivity contribution is 5.78. The lowest BCUT2D eigenvalue weighted by atomic mass is 9.87. The molecule has 0 bridgehead atoms. The van der Waals surface area contributed by atoms with Crippen molar-refractivity contribution in [3.05, 3.63) is 53.6 Å². The van der Waals surface area contributed by atoms with Crippen LogP contribution in [0.2, 0.25) is 0 Å². The zero-order chi connectivity index (χ0) is 20.1. The number of fused-ring (bicyclic) bond motifs is 2. The molecular formula is C22H26N4O3. The maximum absolute atomic E-state index is 10.8. The van der Waals surface area contributed by atoms with Gasteiger partial charge in [0.15, 0.2) is 0 Å². The monoisotopic (exact) mass is 394 g/mol. The van der Waals surface area contributed by atoms with Gasteiger partial charge in [0.2, 0.25) is 0 Å². The van der Waals surface area contributed by atoms with Crippen LogP contribution in [-0.2, 0) is 6.42 Å². The molecule has 0 aliphatic heterocycles. The maximum atomic E-state index is 10.8. The molecule has 29 heavy (non-hydrogen) atoms. The van der Waals surface area contributed by atoms with Gasteiger partial charge >= 0.3 is 0 Å². The van der Waals surface area contributed by atoms with Crippen LogP contribution >= 0.6 is 0 Å². The van der Waals surface area contributed by atoms with Gasteiger partial charge in [-0.05, 0) is 43.9 Å². The summed E-state index contributed by atoms with van der Waals surface area (Å²) in [6, 6.07) is 7.55. The first-order chi connectivity index (χ1) is 14.0. The maximum Gasteiger partial charge on any atom is 0.143 e. The van der Waals surface area contributed by atoms with Crippen molar-refractivity contribution < 1.29 is 14.9 Å². The molecule has 7 heteroatoms. The van der Waals surface area contributed by atoms with Crippen molar-refractivity contribution in [1.29, 1.82) is 0 Å². The van der Waals surface area contributed by atoms with Gasteiger partial charge in [-0.2, -0.15) is 0 Å². The molecule has 5 unspecified atom stereocenters. The molecule has 4 N–H and O–H groups in total. The van der Waals surface area contributed by atoms with Crippen molar-refractivity contribution in [2.75, 3.05) is 0 Å². The van der Waals surface area contributed by atoms with E-state index in [1.807, 2.05) is 35.9 Å². The lowest BCUT2D eigenvalue weighted by Gasteiger charge is -2.27. The Hall–Kier alpha value is -2.48. The minimum Gasteiger partial charge on any atom is -0.487 e. The van der Waals surface area contributed by atoms with Crippen LogP contribution in [0.4, 0.5) is 0 Å². The summed E-state index contributed by atoms with van der Waals surface area (Å²) in [6.07, 6.45) is 4.45. The molecule has 5 atom stereocenters. The largest absolute Gasteiger partial charge is 0.487 e. The van der Waals surface area contributed by atoms with Gasteiger partial charge < -0.3 is 25.3 Å². The van der Waals surface area contributed by atoms with Crippen LogP contribution in [-0.4, -0.2) is 43.1 Å². The van der Waals surface area contributed by atoms with E-state index in [-0.39, 0.29) is 12.1 Å². The fourth-order valence-electron chi connectivity index (χ4n) is 4.88. The summed E-state index contributed by atoms with van der Waals surface area (Å²) in [4.78, 5) is 8.61. The Labute approximate surface area is 169 Å². The third kappa shape index (κ3) is 3.01. The van der Waals surface area contributed by atoms with E-state index < -0.39 is 18.3 Å². The van der Waals surface area contributed by atoms with Crippen LogP contribution < -0.4 is 10.5 Å². The number of hydrogen-bond donors (Lipinski definition) is 3. The number of hydrogen-bond acceptors (Lipinski definition) is 6. The van der Waals surface area contributed by atoms with Crippen molar-refractivity contribution in [2.45, 2.75) is 63.0 Å². The van der Waals surface area contributed by atoms with Crippen molar-refractivity contribution in [1.82, 2.24) is 14.5 Å². The standard InChI is InChI=1S/C22H26N4O3/c1-12-14-8-9-26(22(14)25-11-24-12)16-10-18(21(28)20(16)27)29-17-7-3-5-13-4-2-6-15(23)19(13)17/h3,5,7-9,11,15-16,18,20-21,27-28H,2,4,6,10,23H2,1H3. The number of aromatic nitrogens is 3. The van der Waals surface area contributed by atoms with Gasteiger partial charge in [0.1, 0.15) is 36.0 Å². The van der Waals surface area contributed by atoms with E-state index in [0.29, 0.717) is 6.42 Å². The first-order valence-corrected chi connectivity index (χ1v) is 10.2. The van der Waals surface area contributed by atoms with Crippen molar-refractivity contribution in [2.24, 2.45) is 5.73 Å². The van der Waals surface area contributed by atoms with Crippen molar-refractivity contribution in [3.8, 4) is 5.75 Å². The van der Waals surface area contributed by atoms with Gasteiger partial charge in [-0.1, -0.05) is 12.1 Å². The predicted molar refractivity (Wildman–Crippen MR) is 109 cm³/mol. The summed E-state index contributed by atoms with van der Waals surface area (Å²) < 4.78 is 8.18. The Bertz CT molecular complexity index is 1050. The number of aliphatic hydroxyl groups is 2. The van der Waals surface area contributed by atoms with Gasteiger partial charge in [0.05, 0.1) is 11.7 Å². The van der Waals surface area contributed by atoms with Crippen LogP contribution in [0.25, 0.3) is 11.0 Å². The first-order valence-electron chi connectivity index (χ1n) is 10.2. The van der Waals surface area contributed by atoms with E-state index >= 15 is 0 Å². The van der Waals surface area contributed by atoms with E-state index in [4.69, 9.17) is 10.5 Å². The average molecular weight is 394 g/mol. The summed E-state index contributed by atoms with van der Waals surface area (Å²) >= 11 is 0. The molecule has 2 aromatic heterocycles. The SMILES string of the molecule is Cc1ncnc2c1ccn2C1CC(Oc2cccc3c2C(N)CCC3)C(O)C1O. The quantitative estimate of drug-likeness (QED) is 0.629. The minimum atomic E-state index is -0.990. The van der Waals surface area contributed by atoms with Gasteiger partial charge in [0, 0.05) is 29.6 Å². The second-order valence-electron chi connectivity index (χ2n) is 8.19. The predicted octanol–water partition coefficient (Wildman–Crippen LogP) is 2.19. The van der Waals surface area contributed by atoms with E-state index in [2.05, 4.69) is 16.0 Å². The summed E-state index contributed by atoms with van der Waals surface area (Å²) in [5.74, 6) is 0.724. The van der Waals surface area contributed by atoms with Crippen LogP contribution in [0.1, 0.15) is 48.2 Å². The number of nitrogens with two attached hydrogens (primary N) is 1. The van der Waals surface area contributed by atoms with E-state index in [0.717, 1.165) is 47.3 Å². The van der Waals surface area contributed by atoms with Crippen LogP contribution in [0.5, 0.6) is 5.75 Å². The number of benzene rings is 1. The molecule has 5 rings (SSSR count). The molecule has 152 valence electrons. The molecule has 0 spiro atoms. The third-order valence-corrected chi connectivity index (χ3v) is 6.43. The number of ether oxygens (including phenoxy) is 1. The minimum absolute atomic E-state index is 0.0534. The highest BCUT2D eigenvalue weighted by Gasteiger charge is 2.44. The zero-order valence-corrected chi connectivity index (χ0v) is 16.4. The zero-order valence-electron chi connectivity index (χ0n) is 16.4. The molecule has 2 aliphatic rings. The van der Waals surface area contributed by atoms with E-state index in [9.17, 15) is 10.2 Å². The molecule has 2 aliphatic carbocycles. The second kappa shape index (κ2) is 7.09. The highest BCUT2D eigenvalue weighted by Crippen LogP contribution is 2.40. The molecule has 7 nitrogen and oxygen atoms in total. The average Bonchev–Trinajstić information content (AvgIpc) is 3.26. The van der Waals surface area contributed by atoms with Crippen LogP contribution in [0.15, 0.2) is 36.8 Å². The number of aryl methyl sites for hydroxylation is 2. The van der Waals surface area contributed by atoms with Crippen molar-refractivity contribution in [3.63, 3.8) is 0 Å². The lowest BCUT2D eigenvalue weighted by Crippen LogP contribution is -2.34. The van der Waals surface area contributed by atoms with Gasteiger partial charge in [-0.15, -0.1) is 0 Å². The lowest BCUT2D eigenvalue weighted by molar-refractivity contribution is -0.0167. The summed E-state index contributed by atoms with van der Waals surface area (Å²) in [7, 11) is 0. The van der Waals surface area contributed by atoms with Gasteiger partial charge in [0.25, 0.3) is 0 Å². The molecule has 0 saturated heterocycles. The fraction of sp³-hybridized carbons (Fsp3) is 0.455. The Balaban J connectivity index is 1.44. The molecular weight excluding hydrogens is 368 g/mol. The topological polar surface area (TPSA) is 106 Å². The molecule has 1 saturated carbocycles. The highest BCUT2D eigenvalue weighted by atomic mass is 16.5. The first kappa shape index (κ1) is 18.5. The molecule has 0 radical (unpaired) electrons.